The predicted molar refractivity (Wildman–Crippen MR) is 108 cm³/mol. The molecule has 8 heteroatoms. The van der Waals surface area contributed by atoms with Crippen LogP contribution in [-0.2, 0) is 20.5 Å². The van der Waals surface area contributed by atoms with Crippen molar-refractivity contribution in [3.63, 3.8) is 0 Å². The molecule has 28 heavy (non-hydrogen) atoms. The van der Waals surface area contributed by atoms with E-state index in [1.807, 2.05) is 44.0 Å². The normalized spacial score (nSPS) is 15.6. The van der Waals surface area contributed by atoms with Gasteiger partial charge in [-0.25, -0.2) is 4.98 Å². The number of ether oxygens (including phenoxy) is 1. The van der Waals surface area contributed by atoms with Crippen molar-refractivity contribution in [1.82, 2.24) is 24.6 Å². The quantitative estimate of drug-likeness (QED) is 0.625. The van der Waals surface area contributed by atoms with E-state index < -0.39 is 0 Å². The van der Waals surface area contributed by atoms with Gasteiger partial charge in [0.1, 0.15) is 6.10 Å². The Hall–Kier alpha value is -3.13. The van der Waals surface area contributed by atoms with Crippen molar-refractivity contribution in [2.24, 2.45) is 14.1 Å². The number of anilines is 1. The van der Waals surface area contributed by atoms with Gasteiger partial charge in [-0.2, -0.15) is 5.10 Å². The Labute approximate surface area is 163 Å². The zero-order valence-corrected chi connectivity index (χ0v) is 16.1. The molecule has 0 saturated carbocycles. The topological polar surface area (TPSA) is 86.0 Å². The third-order valence-corrected chi connectivity index (χ3v) is 4.80. The van der Waals surface area contributed by atoms with Gasteiger partial charge in [0.25, 0.3) is 0 Å². The van der Waals surface area contributed by atoms with Crippen molar-refractivity contribution in [2.45, 2.75) is 12.5 Å². The van der Waals surface area contributed by atoms with Crippen molar-refractivity contribution < 1.29 is 4.74 Å². The smallest absolute Gasteiger partial charge is 0.250 e. The Morgan fingerprint density at radius 2 is 2.14 bits per heavy atom. The first kappa shape index (κ1) is 18.2. The zero-order chi connectivity index (χ0) is 19.5. The van der Waals surface area contributed by atoms with Gasteiger partial charge in [0, 0.05) is 56.4 Å². The Morgan fingerprint density at radius 1 is 1.25 bits per heavy atom. The highest BCUT2D eigenvalue weighted by Gasteiger charge is 2.20. The number of aryl methyl sites for hydroxylation is 2. The molecule has 0 aliphatic carbocycles. The van der Waals surface area contributed by atoms with Crippen molar-refractivity contribution in [3.8, 4) is 17.0 Å². The molecule has 0 fully saturated rings. The molecule has 3 aromatic rings. The molecule has 0 spiro atoms. The summed E-state index contributed by atoms with van der Waals surface area (Å²) in [5.41, 5.74) is 4.09. The van der Waals surface area contributed by atoms with Gasteiger partial charge < -0.3 is 19.9 Å². The first-order valence-corrected chi connectivity index (χ1v) is 9.34. The molecule has 1 aliphatic rings. The lowest BCUT2D eigenvalue weighted by molar-refractivity contribution is 0.194. The standard InChI is InChI=1S/C20H24N6O2/c1-25-12-14(3-4-19(25)27)5-6-21-10-17-11-22-18-7-15(8-23-20(18)28-17)16-9-24-26(2)13-16/h3-4,7-9,12-13,17,21-22H,5-6,10-11H2,1-2H3. The molecule has 0 amide bonds. The summed E-state index contributed by atoms with van der Waals surface area (Å²) in [5.74, 6) is 0.628. The Bertz CT molecular complexity index is 1030. The van der Waals surface area contributed by atoms with Crippen LogP contribution in [0.1, 0.15) is 5.56 Å². The van der Waals surface area contributed by atoms with Crippen LogP contribution in [0, 0.1) is 0 Å². The summed E-state index contributed by atoms with van der Waals surface area (Å²) in [6.07, 6.45) is 8.35. The molecule has 1 unspecified atom stereocenters. The molecule has 8 nitrogen and oxygen atoms in total. The van der Waals surface area contributed by atoms with E-state index in [9.17, 15) is 4.79 Å². The molecule has 4 rings (SSSR count). The SMILES string of the molecule is Cn1cc(-c2cnc3c(c2)NCC(CNCCc2ccc(=O)n(C)c2)O3)cn1. The fraction of sp³-hybridized carbons (Fsp3) is 0.350. The number of hydrogen-bond donors (Lipinski definition) is 2. The Kier molecular flexibility index (Phi) is 5.12. The van der Waals surface area contributed by atoms with E-state index in [-0.39, 0.29) is 11.7 Å². The molecule has 3 aromatic heterocycles. The van der Waals surface area contributed by atoms with Crippen LogP contribution in [0.15, 0.2) is 47.8 Å². The van der Waals surface area contributed by atoms with Gasteiger partial charge in [-0.3, -0.25) is 9.48 Å². The van der Waals surface area contributed by atoms with Crippen LogP contribution < -0.4 is 20.9 Å². The summed E-state index contributed by atoms with van der Waals surface area (Å²) < 4.78 is 9.39. The summed E-state index contributed by atoms with van der Waals surface area (Å²) in [6.45, 7) is 2.26. The number of nitrogens with zero attached hydrogens (tertiary/aromatic N) is 4. The second kappa shape index (κ2) is 7.85. The van der Waals surface area contributed by atoms with Gasteiger partial charge in [-0.1, -0.05) is 6.07 Å². The van der Waals surface area contributed by atoms with Gasteiger partial charge in [0.2, 0.25) is 11.4 Å². The van der Waals surface area contributed by atoms with Crippen LogP contribution in [0.5, 0.6) is 5.88 Å². The van der Waals surface area contributed by atoms with Gasteiger partial charge in [-0.15, -0.1) is 0 Å². The highest BCUT2D eigenvalue weighted by Crippen LogP contribution is 2.30. The van der Waals surface area contributed by atoms with Crippen molar-refractivity contribution in [2.75, 3.05) is 25.0 Å². The van der Waals surface area contributed by atoms with E-state index >= 15 is 0 Å². The first-order chi connectivity index (χ1) is 13.6. The highest BCUT2D eigenvalue weighted by atomic mass is 16.5. The maximum absolute atomic E-state index is 11.4. The van der Waals surface area contributed by atoms with Gasteiger partial charge in [-0.05, 0) is 24.6 Å². The molecule has 1 aliphatic heterocycles. The Morgan fingerprint density at radius 3 is 2.93 bits per heavy atom. The average Bonchev–Trinajstić information content (AvgIpc) is 3.14. The molecule has 4 heterocycles. The monoisotopic (exact) mass is 380 g/mol. The van der Waals surface area contributed by atoms with Crippen LogP contribution >= 0.6 is 0 Å². The van der Waals surface area contributed by atoms with E-state index in [1.165, 1.54) is 0 Å². The second-order valence-corrected chi connectivity index (χ2v) is 7.04. The van der Waals surface area contributed by atoms with E-state index in [1.54, 1.807) is 22.4 Å². The molecule has 0 saturated heterocycles. The molecule has 0 aromatic carbocycles. The fourth-order valence-corrected chi connectivity index (χ4v) is 3.23. The zero-order valence-electron chi connectivity index (χ0n) is 16.1. The van der Waals surface area contributed by atoms with Crippen LogP contribution in [0.4, 0.5) is 5.69 Å². The highest BCUT2D eigenvalue weighted by molar-refractivity contribution is 5.69. The molecule has 146 valence electrons. The van der Waals surface area contributed by atoms with Crippen LogP contribution in [0.3, 0.4) is 0 Å². The number of hydrogen-bond acceptors (Lipinski definition) is 6. The number of nitrogens with one attached hydrogen (secondary N) is 2. The first-order valence-electron chi connectivity index (χ1n) is 9.34. The molecular weight excluding hydrogens is 356 g/mol. The number of rotatable bonds is 6. The second-order valence-electron chi connectivity index (χ2n) is 7.04. The molecule has 2 N–H and O–H groups in total. The minimum Gasteiger partial charge on any atom is -0.470 e. The molecule has 0 radical (unpaired) electrons. The minimum atomic E-state index is 0.0104. The average molecular weight is 380 g/mol. The van der Waals surface area contributed by atoms with E-state index in [2.05, 4.69) is 20.7 Å². The van der Waals surface area contributed by atoms with Crippen molar-refractivity contribution in [3.05, 3.63) is 58.9 Å². The molecular formula is C20H24N6O2. The van der Waals surface area contributed by atoms with E-state index in [0.717, 1.165) is 48.4 Å². The minimum absolute atomic E-state index is 0.0104. The van der Waals surface area contributed by atoms with Gasteiger partial charge in [0.05, 0.1) is 18.4 Å². The number of fused-ring (bicyclic) bond motifs is 1. The summed E-state index contributed by atoms with van der Waals surface area (Å²) in [6, 6.07) is 5.53. The summed E-state index contributed by atoms with van der Waals surface area (Å²) in [4.78, 5) is 15.9. The van der Waals surface area contributed by atoms with Crippen LogP contribution in [-0.4, -0.2) is 45.1 Å². The van der Waals surface area contributed by atoms with Gasteiger partial charge in [0.15, 0.2) is 0 Å². The van der Waals surface area contributed by atoms with E-state index in [4.69, 9.17) is 4.74 Å². The largest absolute Gasteiger partial charge is 0.470 e. The lowest BCUT2D eigenvalue weighted by atomic mass is 10.1. The van der Waals surface area contributed by atoms with Crippen LogP contribution in [0.25, 0.3) is 11.1 Å². The van der Waals surface area contributed by atoms with E-state index in [0.29, 0.717) is 5.88 Å². The number of aromatic nitrogens is 4. The predicted octanol–water partition coefficient (Wildman–Crippen LogP) is 1.19. The van der Waals surface area contributed by atoms with Crippen molar-refractivity contribution >= 4 is 5.69 Å². The summed E-state index contributed by atoms with van der Waals surface area (Å²) >= 11 is 0. The maximum Gasteiger partial charge on any atom is 0.250 e. The van der Waals surface area contributed by atoms with Gasteiger partial charge >= 0.3 is 0 Å². The third kappa shape index (κ3) is 4.07. The fourth-order valence-electron chi connectivity index (χ4n) is 3.23. The molecule has 0 bridgehead atoms. The summed E-state index contributed by atoms with van der Waals surface area (Å²) in [5, 5.41) is 11.0. The molecule has 1 atom stereocenters. The lowest BCUT2D eigenvalue weighted by Crippen LogP contribution is -2.40. The lowest BCUT2D eigenvalue weighted by Gasteiger charge is -2.27. The third-order valence-electron chi connectivity index (χ3n) is 4.80. The number of pyridine rings is 2. The summed E-state index contributed by atoms with van der Waals surface area (Å²) in [7, 11) is 3.66. The maximum atomic E-state index is 11.4. The van der Waals surface area contributed by atoms with Crippen molar-refractivity contribution in [1.29, 1.82) is 0 Å². The Balaban J connectivity index is 1.29. The van der Waals surface area contributed by atoms with Crippen LogP contribution in [0.2, 0.25) is 0 Å².